The monoisotopic (exact) mass is 265 g/mol. The van der Waals surface area contributed by atoms with Crippen LogP contribution in [0, 0.1) is 0 Å². The summed E-state index contributed by atoms with van der Waals surface area (Å²) in [5.41, 5.74) is -0.293. The maximum absolute atomic E-state index is 11.3. The van der Waals surface area contributed by atoms with E-state index in [2.05, 4.69) is 9.97 Å². The van der Waals surface area contributed by atoms with E-state index in [-0.39, 0.29) is 11.6 Å². The van der Waals surface area contributed by atoms with Gasteiger partial charge >= 0.3 is 5.97 Å². The lowest BCUT2D eigenvalue weighted by molar-refractivity contribution is 0.0688. The van der Waals surface area contributed by atoms with E-state index in [1.807, 2.05) is 18.7 Å². The second-order valence-corrected chi connectivity index (χ2v) is 5.59. The first-order valence-electron chi connectivity index (χ1n) is 6.38. The van der Waals surface area contributed by atoms with Crippen molar-refractivity contribution in [3.8, 4) is 0 Å². The first-order chi connectivity index (χ1) is 8.80. The largest absolute Gasteiger partial charge is 0.476 e. The summed E-state index contributed by atoms with van der Waals surface area (Å²) in [6.07, 6.45) is 2.16. The summed E-state index contributed by atoms with van der Waals surface area (Å²) in [6, 6.07) is 0. The van der Waals surface area contributed by atoms with Crippen molar-refractivity contribution in [3.05, 3.63) is 17.7 Å². The van der Waals surface area contributed by atoms with Crippen molar-refractivity contribution >= 4 is 11.7 Å². The van der Waals surface area contributed by atoms with Crippen molar-refractivity contribution in [2.75, 3.05) is 18.0 Å². The molecule has 0 radical (unpaired) electrons. The lowest BCUT2D eigenvalue weighted by Gasteiger charge is -2.22. The van der Waals surface area contributed by atoms with Gasteiger partial charge in [-0.25, -0.2) is 14.8 Å². The van der Waals surface area contributed by atoms with Gasteiger partial charge in [-0.2, -0.15) is 0 Å². The molecule has 0 aliphatic carbocycles. The summed E-state index contributed by atoms with van der Waals surface area (Å²) in [5, 5.41) is 19.3. The van der Waals surface area contributed by atoms with Gasteiger partial charge in [0.05, 0.1) is 17.5 Å². The summed E-state index contributed by atoms with van der Waals surface area (Å²) >= 11 is 0. The van der Waals surface area contributed by atoms with Gasteiger partial charge in [0.15, 0.2) is 5.69 Å². The molecule has 1 aromatic rings. The van der Waals surface area contributed by atoms with Crippen molar-refractivity contribution in [2.24, 2.45) is 0 Å². The molecule has 1 unspecified atom stereocenters. The maximum Gasteiger partial charge on any atom is 0.356 e. The number of nitrogens with zero attached hydrogens (tertiary/aromatic N) is 3. The van der Waals surface area contributed by atoms with Gasteiger partial charge in [0, 0.05) is 19.0 Å². The average Bonchev–Trinajstić information content (AvgIpc) is 2.68. The second-order valence-electron chi connectivity index (χ2n) is 5.59. The van der Waals surface area contributed by atoms with E-state index >= 15 is 0 Å². The van der Waals surface area contributed by atoms with E-state index in [1.165, 1.54) is 0 Å². The molecule has 2 heterocycles. The average molecular weight is 265 g/mol. The summed E-state index contributed by atoms with van der Waals surface area (Å²) in [6.45, 7) is 6.59. The van der Waals surface area contributed by atoms with E-state index in [1.54, 1.807) is 13.1 Å². The molecule has 0 aromatic carbocycles. The normalized spacial score (nSPS) is 23.1. The Labute approximate surface area is 112 Å². The zero-order valence-electron chi connectivity index (χ0n) is 11.4. The predicted molar refractivity (Wildman–Crippen MR) is 70.5 cm³/mol. The molecule has 104 valence electrons. The van der Waals surface area contributed by atoms with Crippen molar-refractivity contribution < 1.29 is 15.0 Å². The molecule has 19 heavy (non-hydrogen) atoms. The molecule has 0 spiro atoms. The molecule has 6 nitrogen and oxygen atoms in total. The fourth-order valence-electron chi connectivity index (χ4n) is 2.21. The number of aromatic nitrogens is 2. The van der Waals surface area contributed by atoms with E-state index in [4.69, 9.17) is 0 Å². The van der Waals surface area contributed by atoms with Crippen LogP contribution >= 0.6 is 0 Å². The minimum Gasteiger partial charge on any atom is -0.476 e. The SMILES string of the molecule is CC(C)c1ncc(N2CCC(C)(O)C2)c(C(=O)O)n1. The predicted octanol–water partition coefficient (Wildman–Crippen LogP) is 1.26. The van der Waals surface area contributed by atoms with Gasteiger partial charge in [-0.1, -0.05) is 13.8 Å². The molecule has 1 aliphatic rings. The van der Waals surface area contributed by atoms with Crippen molar-refractivity contribution in [3.63, 3.8) is 0 Å². The number of carbonyl (C=O) groups is 1. The molecule has 0 saturated carbocycles. The molecule has 1 fully saturated rings. The standard InChI is InChI=1S/C13H19N3O3/c1-8(2)11-14-6-9(10(15-11)12(17)18)16-5-4-13(3,19)7-16/h6,8,19H,4-5,7H2,1-3H3,(H,17,18). The minimum absolute atomic E-state index is 0.0106. The van der Waals surface area contributed by atoms with Gasteiger partial charge in [-0.3, -0.25) is 0 Å². The number of carboxylic acid groups (broad SMARTS) is 1. The van der Waals surface area contributed by atoms with Gasteiger partial charge < -0.3 is 15.1 Å². The first-order valence-corrected chi connectivity index (χ1v) is 6.38. The molecule has 1 aliphatic heterocycles. The minimum atomic E-state index is -1.06. The number of aromatic carboxylic acids is 1. The van der Waals surface area contributed by atoms with E-state index in [0.29, 0.717) is 31.0 Å². The molecule has 6 heteroatoms. The molecular weight excluding hydrogens is 246 g/mol. The number of carboxylic acids is 1. The molecule has 1 aromatic heterocycles. The molecule has 2 N–H and O–H groups in total. The highest BCUT2D eigenvalue weighted by atomic mass is 16.4. The topological polar surface area (TPSA) is 86.5 Å². The Bertz CT molecular complexity index is 500. The van der Waals surface area contributed by atoms with E-state index < -0.39 is 11.6 Å². The van der Waals surface area contributed by atoms with E-state index in [9.17, 15) is 15.0 Å². The Morgan fingerprint density at radius 1 is 1.53 bits per heavy atom. The summed E-state index contributed by atoms with van der Waals surface area (Å²) in [7, 11) is 0. The zero-order chi connectivity index (χ0) is 14.2. The van der Waals surface area contributed by atoms with Crippen molar-refractivity contribution in [2.45, 2.75) is 38.7 Å². The van der Waals surface area contributed by atoms with Crippen LogP contribution in [0.4, 0.5) is 5.69 Å². The number of hydrogen-bond acceptors (Lipinski definition) is 5. The van der Waals surface area contributed by atoms with Crippen LogP contribution in [0.2, 0.25) is 0 Å². The molecule has 1 saturated heterocycles. The third kappa shape index (κ3) is 2.84. The van der Waals surface area contributed by atoms with Crippen LogP contribution in [0.1, 0.15) is 49.4 Å². The van der Waals surface area contributed by atoms with Crippen LogP contribution in [0.25, 0.3) is 0 Å². The number of anilines is 1. The maximum atomic E-state index is 11.3. The third-order valence-electron chi connectivity index (χ3n) is 3.30. The Balaban J connectivity index is 2.38. The lowest BCUT2D eigenvalue weighted by atomic mass is 10.1. The molecule has 1 atom stereocenters. The van der Waals surface area contributed by atoms with Gasteiger partial charge in [-0.15, -0.1) is 0 Å². The number of aliphatic hydroxyl groups is 1. The molecular formula is C13H19N3O3. The van der Waals surface area contributed by atoms with Gasteiger partial charge in [-0.05, 0) is 13.3 Å². The highest BCUT2D eigenvalue weighted by Gasteiger charge is 2.33. The summed E-state index contributed by atoms with van der Waals surface area (Å²) < 4.78 is 0. The fourth-order valence-corrected chi connectivity index (χ4v) is 2.21. The second kappa shape index (κ2) is 4.77. The number of hydrogen-bond donors (Lipinski definition) is 2. The quantitative estimate of drug-likeness (QED) is 0.855. The van der Waals surface area contributed by atoms with Crippen LogP contribution < -0.4 is 4.90 Å². The van der Waals surface area contributed by atoms with Crippen molar-refractivity contribution in [1.82, 2.24) is 9.97 Å². The Morgan fingerprint density at radius 2 is 2.21 bits per heavy atom. The third-order valence-corrected chi connectivity index (χ3v) is 3.30. The Kier molecular flexibility index (Phi) is 3.45. The van der Waals surface area contributed by atoms with E-state index in [0.717, 1.165) is 0 Å². The highest BCUT2D eigenvalue weighted by Crippen LogP contribution is 2.28. The number of β-amino-alcohol motifs (C(OH)–C–C–N with tert-alkyl or cyclic N) is 1. The lowest BCUT2D eigenvalue weighted by Crippen LogP contribution is -2.31. The summed E-state index contributed by atoms with van der Waals surface area (Å²) in [5.74, 6) is -0.466. The highest BCUT2D eigenvalue weighted by molar-refractivity contribution is 5.92. The zero-order valence-corrected chi connectivity index (χ0v) is 11.4. The Hall–Kier alpha value is -1.69. The van der Waals surface area contributed by atoms with Gasteiger partial charge in [0.1, 0.15) is 5.82 Å². The number of rotatable bonds is 3. The smallest absolute Gasteiger partial charge is 0.356 e. The Morgan fingerprint density at radius 3 is 2.68 bits per heavy atom. The molecule has 0 bridgehead atoms. The van der Waals surface area contributed by atoms with Crippen LogP contribution in [0.3, 0.4) is 0 Å². The molecule has 2 rings (SSSR count). The van der Waals surface area contributed by atoms with Gasteiger partial charge in [0.25, 0.3) is 0 Å². The van der Waals surface area contributed by atoms with Crippen LogP contribution in [0.5, 0.6) is 0 Å². The molecule has 0 amide bonds. The summed E-state index contributed by atoms with van der Waals surface area (Å²) in [4.78, 5) is 21.5. The van der Waals surface area contributed by atoms with Crippen LogP contribution in [-0.2, 0) is 0 Å². The van der Waals surface area contributed by atoms with Gasteiger partial charge in [0.2, 0.25) is 0 Å². The van der Waals surface area contributed by atoms with Crippen LogP contribution in [0.15, 0.2) is 6.20 Å². The fraction of sp³-hybridized carbons (Fsp3) is 0.615. The van der Waals surface area contributed by atoms with Crippen LogP contribution in [-0.4, -0.2) is 44.8 Å². The van der Waals surface area contributed by atoms with Crippen molar-refractivity contribution in [1.29, 1.82) is 0 Å². The first kappa shape index (κ1) is 13.7.